The SMILES string of the molecule is CC(C)(C)c1ccc(Oc2ncc(C(=O)O)cc2N)cc1. The Morgan fingerprint density at radius 3 is 2.33 bits per heavy atom. The second-order valence-electron chi connectivity index (χ2n) is 5.80. The van der Waals surface area contributed by atoms with Gasteiger partial charge in [0.1, 0.15) is 5.75 Å². The molecular formula is C16H18N2O3. The fourth-order valence-corrected chi connectivity index (χ4v) is 1.81. The van der Waals surface area contributed by atoms with Crippen molar-refractivity contribution in [2.45, 2.75) is 26.2 Å². The molecule has 1 aromatic heterocycles. The van der Waals surface area contributed by atoms with E-state index in [0.29, 0.717) is 5.75 Å². The van der Waals surface area contributed by atoms with Gasteiger partial charge in [-0.25, -0.2) is 9.78 Å². The second-order valence-corrected chi connectivity index (χ2v) is 5.80. The molecule has 5 heteroatoms. The van der Waals surface area contributed by atoms with Crippen molar-refractivity contribution < 1.29 is 14.6 Å². The highest BCUT2D eigenvalue weighted by atomic mass is 16.5. The lowest BCUT2D eigenvalue weighted by atomic mass is 9.87. The Hall–Kier alpha value is -2.56. The number of aromatic nitrogens is 1. The number of rotatable bonds is 3. The average Bonchev–Trinajstić information content (AvgIpc) is 2.40. The number of carboxylic acid groups (broad SMARTS) is 1. The van der Waals surface area contributed by atoms with Crippen molar-refractivity contribution in [3.63, 3.8) is 0 Å². The second kappa shape index (κ2) is 5.44. The van der Waals surface area contributed by atoms with Crippen molar-refractivity contribution >= 4 is 11.7 Å². The van der Waals surface area contributed by atoms with Gasteiger partial charge in [0.15, 0.2) is 0 Å². The van der Waals surface area contributed by atoms with Gasteiger partial charge in [-0.3, -0.25) is 0 Å². The molecule has 0 saturated carbocycles. The number of pyridine rings is 1. The van der Waals surface area contributed by atoms with Gasteiger partial charge in [0, 0.05) is 6.20 Å². The van der Waals surface area contributed by atoms with Crippen molar-refractivity contribution in [3.8, 4) is 11.6 Å². The summed E-state index contributed by atoms with van der Waals surface area (Å²) in [5, 5.41) is 8.86. The number of aromatic carboxylic acids is 1. The molecule has 0 aliphatic heterocycles. The standard InChI is InChI=1S/C16H18N2O3/c1-16(2,3)11-4-6-12(7-5-11)21-14-13(17)8-10(9-18-14)15(19)20/h4-9H,17H2,1-3H3,(H,19,20). The van der Waals surface area contributed by atoms with E-state index >= 15 is 0 Å². The van der Waals surface area contributed by atoms with E-state index in [1.165, 1.54) is 17.8 Å². The van der Waals surface area contributed by atoms with Gasteiger partial charge in [0.05, 0.1) is 11.3 Å². The lowest BCUT2D eigenvalue weighted by Crippen LogP contribution is -2.10. The molecule has 1 aromatic carbocycles. The van der Waals surface area contributed by atoms with Gasteiger partial charge in [-0.15, -0.1) is 0 Å². The van der Waals surface area contributed by atoms with Crippen LogP contribution in [0.15, 0.2) is 36.5 Å². The largest absolute Gasteiger partial charge is 0.478 e. The van der Waals surface area contributed by atoms with Crippen LogP contribution < -0.4 is 10.5 Å². The van der Waals surface area contributed by atoms with E-state index in [9.17, 15) is 4.79 Å². The van der Waals surface area contributed by atoms with E-state index in [1.54, 1.807) is 0 Å². The minimum Gasteiger partial charge on any atom is -0.478 e. The molecule has 110 valence electrons. The van der Waals surface area contributed by atoms with Crippen molar-refractivity contribution in [2.24, 2.45) is 0 Å². The van der Waals surface area contributed by atoms with Crippen LogP contribution in [0.4, 0.5) is 5.69 Å². The van der Waals surface area contributed by atoms with E-state index in [1.807, 2.05) is 24.3 Å². The number of nitrogens with two attached hydrogens (primary N) is 1. The first-order valence-electron chi connectivity index (χ1n) is 6.54. The summed E-state index contributed by atoms with van der Waals surface area (Å²) in [4.78, 5) is 14.8. The van der Waals surface area contributed by atoms with Crippen LogP contribution in [0.1, 0.15) is 36.7 Å². The maximum atomic E-state index is 10.8. The molecule has 0 saturated heterocycles. The minimum atomic E-state index is -1.07. The Morgan fingerprint density at radius 1 is 1.24 bits per heavy atom. The topological polar surface area (TPSA) is 85.4 Å². The van der Waals surface area contributed by atoms with Gasteiger partial charge in [0.25, 0.3) is 0 Å². The van der Waals surface area contributed by atoms with Crippen LogP contribution in [0.2, 0.25) is 0 Å². The molecule has 0 bridgehead atoms. The van der Waals surface area contributed by atoms with Crippen LogP contribution in [0.25, 0.3) is 0 Å². The molecule has 5 nitrogen and oxygen atoms in total. The highest BCUT2D eigenvalue weighted by Gasteiger charge is 2.14. The van der Waals surface area contributed by atoms with Crippen LogP contribution in [0.3, 0.4) is 0 Å². The molecule has 3 N–H and O–H groups in total. The van der Waals surface area contributed by atoms with Gasteiger partial charge < -0.3 is 15.6 Å². The van der Waals surface area contributed by atoms with E-state index < -0.39 is 5.97 Å². The predicted octanol–water partition coefficient (Wildman–Crippen LogP) is 3.45. The molecule has 2 rings (SSSR count). The fraction of sp³-hybridized carbons (Fsp3) is 0.250. The molecule has 0 aliphatic carbocycles. The third-order valence-corrected chi connectivity index (χ3v) is 3.06. The van der Waals surface area contributed by atoms with Gasteiger partial charge >= 0.3 is 5.97 Å². The van der Waals surface area contributed by atoms with Gasteiger partial charge in [-0.05, 0) is 29.2 Å². The molecule has 0 spiro atoms. The zero-order chi connectivity index (χ0) is 15.6. The first-order valence-corrected chi connectivity index (χ1v) is 6.54. The van der Waals surface area contributed by atoms with Crippen LogP contribution in [-0.4, -0.2) is 16.1 Å². The number of benzene rings is 1. The summed E-state index contributed by atoms with van der Waals surface area (Å²) in [6.07, 6.45) is 1.22. The Bertz CT molecular complexity index is 658. The predicted molar refractivity (Wildman–Crippen MR) is 80.8 cm³/mol. The highest BCUT2D eigenvalue weighted by Crippen LogP contribution is 2.28. The van der Waals surface area contributed by atoms with Gasteiger partial charge in [-0.2, -0.15) is 0 Å². The third kappa shape index (κ3) is 3.51. The number of carbonyl (C=O) groups is 1. The number of nitrogens with zero attached hydrogens (tertiary/aromatic N) is 1. The molecule has 0 aliphatic rings. The van der Waals surface area contributed by atoms with Gasteiger partial charge in [0.2, 0.25) is 5.88 Å². The number of hydrogen-bond acceptors (Lipinski definition) is 4. The Labute approximate surface area is 123 Å². The van der Waals surface area contributed by atoms with E-state index in [-0.39, 0.29) is 22.5 Å². The Kier molecular flexibility index (Phi) is 3.84. The van der Waals surface area contributed by atoms with Crippen molar-refractivity contribution in [1.29, 1.82) is 0 Å². The highest BCUT2D eigenvalue weighted by molar-refractivity contribution is 5.88. The molecule has 0 amide bonds. The normalized spacial score (nSPS) is 11.2. The monoisotopic (exact) mass is 286 g/mol. The smallest absolute Gasteiger partial charge is 0.337 e. The van der Waals surface area contributed by atoms with Gasteiger partial charge in [-0.1, -0.05) is 32.9 Å². The van der Waals surface area contributed by atoms with E-state index in [2.05, 4.69) is 25.8 Å². The van der Waals surface area contributed by atoms with Crippen molar-refractivity contribution in [3.05, 3.63) is 47.7 Å². The lowest BCUT2D eigenvalue weighted by molar-refractivity contribution is 0.0696. The Morgan fingerprint density at radius 2 is 1.86 bits per heavy atom. The maximum Gasteiger partial charge on any atom is 0.337 e. The number of anilines is 1. The molecule has 0 radical (unpaired) electrons. The molecule has 1 heterocycles. The summed E-state index contributed by atoms with van der Waals surface area (Å²) >= 11 is 0. The first kappa shape index (κ1) is 14.8. The first-order chi connectivity index (χ1) is 9.77. The van der Waals surface area contributed by atoms with E-state index in [4.69, 9.17) is 15.6 Å². The summed E-state index contributed by atoms with van der Waals surface area (Å²) < 4.78 is 5.58. The summed E-state index contributed by atoms with van der Waals surface area (Å²) in [5.41, 5.74) is 7.24. The third-order valence-electron chi connectivity index (χ3n) is 3.06. The maximum absolute atomic E-state index is 10.8. The van der Waals surface area contributed by atoms with Crippen LogP contribution >= 0.6 is 0 Å². The lowest BCUT2D eigenvalue weighted by Gasteiger charge is -2.19. The van der Waals surface area contributed by atoms with E-state index in [0.717, 1.165) is 0 Å². The summed E-state index contributed by atoms with van der Waals surface area (Å²) in [5.74, 6) is -0.274. The summed E-state index contributed by atoms with van der Waals surface area (Å²) in [7, 11) is 0. The molecule has 21 heavy (non-hydrogen) atoms. The quantitative estimate of drug-likeness (QED) is 0.902. The number of carboxylic acids is 1. The molecule has 0 fully saturated rings. The van der Waals surface area contributed by atoms with Crippen LogP contribution in [-0.2, 0) is 5.41 Å². The fourth-order valence-electron chi connectivity index (χ4n) is 1.81. The molecular weight excluding hydrogens is 268 g/mol. The number of hydrogen-bond donors (Lipinski definition) is 2. The molecule has 2 aromatic rings. The van der Waals surface area contributed by atoms with Crippen LogP contribution in [0, 0.1) is 0 Å². The zero-order valence-corrected chi connectivity index (χ0v) is 12.3. The molecule has 0 unspecified atom stereocenters. The zero-order valence-electron chi connectivity index (χ0n) is 12.3. The average molecular weight is 286 g/mol. The number of ether oxygens (including phenoxy) is 1. The van der Waals surface area contributed by atoms with Crippen molar-refractivity contribution in [2.75, 3.05) is 5.73 Å². The van der Waals surface area contributed by atoms with Crippen molar-refractivity contribution in [1.82, 2.24) is 4.98 Å². The summed E-state index contributed by atoms with van der Waals surface area (Å²) in [6, 6.07) is 8.97. The minimum absolute atomic E-state index is 0.0305. The summed E-state index contributed by atoms with van der Waals surface area (Å²) in [6.45, 7) is 6.40. The molecule has 0 atom stereocenters. The number of nitrogen functional groups attached to an aromatic ring is 1. The Balaban J connectivity index is 2.20. The van der Waals surface area contributed by atoms with Crippen LogP contribution in [0.5, 0.6) is 11.6 Å².